The fraction of sp³-hybridized carbons (Fsp3) is 0.357. The van der Waals surface area contributed by atoms with Crippen molar-refractivity contribution in [3.63, 3.8) is 0 Å². The van der Waals surface area contributed by atoms with E-state index in [9.17, 15) is 22.8 Å². The summed E-state index contributed by atoms with van der Waals surface area (Å²) in [5, 5.41) is 7.91. The third-order valence-corrected chi connectivity index (χ3v) is 2.30. The molecule has 1 aromatic rings. The number of carbonyl (C=O) groups excluding carboxylic acids is 2. The van der Waals surface area contributed by atoms with Crippen molar-refractivity contribution in [3.05, 3.63) is 35.9 Å². The van der Waals surface area contributed by atoms with E-state index >= 15 is 0 Å². The first-order valence-electron chi connectivity index (χ1n) is 6.60. The van der Waals surface area contributed by atoms with E-state index in [-0.39, 0.29) is 18.4 Å². The number of hydrogen-bond donors (Lipinski definition) is 2. The SMILES string of the molecule is CC(C)C(=O)NN(C=O)OCc1ccccc1.O=C(O)C(F)(F)F. The van der Waals surface area contributed by atoms with Gasteiger partial charge in [0, 0.05) is 5.92 Å². The average molecular weight is 350 g/mol. The molecule has 0 radical (unpaired) electrons. The molecule has 1 aromatic carbocycles. The van der Waals surface area contributed by atoms with Gasteiger partial charge in [0.2, 0.25) is 5.91 Å². The fourth-order valence-electron chi connectivity index (χ4n) is 1.05. The molecule has 0 aliphatic carbocycles. The van der Waals surface area contributed by atoms with Gasteiger partial charge in [-0.1, -0.05) is 44.2 Å². The molecule has 10 heteroatoms. The maximum atomic E-state index is 11.3. The number of carboxylic acid groups (broad SMARTS) is 1. The summed E-state index contributed by atoms with van der Waals surface area (Å²) in [6, 6.07) is 9.37. The van der Waals surface area contributed by atoms with Crippen molar-refractivity contribution in [3.8, 4) is 0 Å². The molecule has 1 rings (SSSR count). The normalized spacial score (nSPS) is 10.4. The number of aliphatic carboxylic acids is 1. The van der Waals surface area contributed by atoms with Crippen molar-refractivity contribution in [2.75, 3.05) is 0 Å². The maximum Gasteiger partial charge on any atom is 0.490 e. The third kappa shape index (κ3) is 9.41. The number of halogens is 3. The van der Waals surface area contributed by atoms with Crippen LogP contribution in [0.2, 0.25) is 0 Å². The van der Waals surface area contributed by atoms with Crippen LogP contribution in [0.1, 0.15) is 19.4 Å². The Morgan fingerprint density at radius 1 is 1.29 bits per heavy atom. The highest BCUT2D eigenvalue weighted by Gasteiger charge is 2.38. The highest BCUT2D eigenvalue weighted by molar-refractivity contribution is 5.78. The Hall–Kier alpha value is -2.62. The van der Waals surface area contributed by atoms with Crippen molar-refractivity contribution >= 4 is 18.3 Å². The van der Waals surface area contributed by atoms with E-state index in [4.69, 9.17) is 14.7 Å². The molecule has 134 valence electrons. The van der Waals surface area contributed by atoms with Crippen LogP contribution in [0.15, 0.2) is 30.3 Å². The second-order valence-electron chi connectivity index (χ2n) is 4.62. The van der Waals surface area contributed by atoms with Gasteiger partial charge in [0.05, 0.1) is 0 Å². The van der Waals surface area contributed by atoms with Gasteiger partial charge in [-0.2, -0.15) is 13.2 Å². The molecule has 2 N–H and O–H groups in total. The lowest BCUT2D eigenvalue weighted by atomic mass is 10.2. The topological polar surface area (TPSA) is 95.9 Å². The number of carboxylic acids is 1. The minimum absolute atomic E-state index is 0.210. The Morgan fingerprint density at radius 3 is 2.17 bits per heavy atom. The number of carbonyl (C=O) groups is 3. The first kappa shape index (κ1) is 21.4. The summed E-state index contributed by atoms with van der Waals surface area (Å²) in [5.74, 6) is -3.24. The second-order valence-corrected chi connectivity index (χ2v) is 4.62. The molecule has 7 nitrogen and oxygen atoms in total. The molecule has 0 spiro atoms. The lowest BCUT2D eigenvalue weighted by Crippen LogP contribution is -2.43. The van der Waals surface area contributed by atoms with Gasteiger partial charge in [-0.15, -0.1) is 5.17 Å². The standard InChI is InChI=1S/C12H16N2O3.C2HF3O2/c1-10(2)12(16)13-14(9-15)17-8-11-6-4-3-5-7-11;3-2(4,5)1(6)7/h3-7,9-10H,8H2,1-2H3,(H,13,16);(H,6,7). The molecule has 0 aliphatic heterocycles. The van der Waals surface area contributed by atoms with Crippen molar-refractivity contribution in [1.29, 1.82) is 0 Å². The average Bonchev–Trinajstić information content (AvgIpc) is 2.51. The minimum atomic E-state index is -5.08. The largest absolute Gasteiger partial charge is 0.490 e. The van der Waals surface area contributed by atoms with Crippen molar-refractivity contribution in [2.45, 2.75) is 26.6 Å². The predicted octanol–water partition coefficient (Wildman–Crippen LogP) is 1.90. The number of nitrogens with one attached hydrogen (secondary N) is 1. The summed E-state index contributed by atoms with van der Waals surface area (Å²) in [7, 11) is 0. The van der Waals surface area contributed by atoms with Gasteiger partial charge in [-0.05, 0) is 5.56 Å². The van der Waals surface area contributed by atoms with Gasteiger partial charge < -0.3 is 5.11 Å². The number of hydrogen-bond acceptors (Lipinski definition) is 4. The zero-order valence-corrected chi connectivity index (χ0v) is 12.9. The number of benzene rings is 1. The smallest absolute Gasteiger partial charge is 0.475 e. The van der Waals surface area contributed by atoms with Gasteiger partial charge >= 0.3 is 12.1 Å². The fourth-order valence-corrected chi connectivity index (χ4v) is 1.05. The number of alkyl halides is 3. The summed E-state index contributed by atoms with van der Waals surface area (Å²) in [6.07, 6.45) is -4.66. The van der Waals surface area contributed by atoms with Crippen molar-refractivity contribution in [1.82, 2.24) is 10.6 Å². The monoisotopic (exact) mass is 350 g/mol. The summed E-state index contributed by atoms with van der Waals surface area (Å²) in [6.45, 7) is 3.68. The second kappa shape index (κ2) is 10.2. The lowest BCUT2D eigenvalue weighted by Gasteiger charge is -2.18. The molecule has 0 fully saturated rings. The van der Waals surface area contributed by atoms with Crippen molar-refractivity contribution < 1.29 is 37.5 Å². The van der Waals surface area contributed by atoms with Crippen LogP contribution in [-0.2, 0) is 25.8 Å². The molecule has 0 saturated heterocycles. The molecule has 24 heavy (non-hydrogen) atoms. The Kier molecular flexibility index (Phi) is 9.10. The quantitative estimate of drug-likeness (QED) is 0.603. The molecule has 0 atom stereocenters. The summed E-state index contributed by atoms with van der Waals surface area (Å²) in [5.41, 5.74) is 3.26. The Balaban J connectivity index is 0.000000640. The summed E-state index contributed by atoms with van der Waals surface area (Å²) >= 11 is 0. The van der Waals surface area contributed by atoms with Gasteiger partial charge in [0.1, 0.15) is 6.61 Å². The van der Waals surface area contributed by atoms with Crippen molar-refractivity contribution in [2.24, 2.45) is 5.92 Å². The van der Waals surface area contributed by atoms with Crippen LogP contribution in [-0.4, -0.2) is 34.7 Å². The number of amides is 2. The van der Waals surface area contributed by atoms with E-state index in [1.807, 2.05) is 30.3 Å². The van der Waals surface area contributed by atoms with Crippen LogP contribution >= 0.6 is 0 Å². The van der Waals surface area contributed by atoms with E-state index in [1.165, 1.54) is 0 Å². The van der Waals surface area contributed by atoms with E-state index in [2.05, 4.69) is 5.43 Å². The van der Waals surface area contributed by atoms with Gasteiger partial charge in [0.25, 0.3) is 6.41 Å². The Bertz CT molecular complexity index is 535. The van der Waals surface area contributed by atoms with Gasteiger partial charge in [0.15, 0.2) is 0 Å². The molecule has 2 amide bonds. The minimum Gasteiger partial charge on any atom is -0.475 e. The first-order chi connectivity index (χ1) is 11.1. The first-order valence-corrected chi connectivity index (χ1v) is 6.60. The van der Waals surface area contributed by atoms with Crippen LogP contribution in [0.5, 0.6) is 0 Å². The van der Waals surface area contributed by atoms with Crippen LogP contribution in [0.4, 0.5) is 13.2 Å². The molecule has 0 unspecified atom stereocenters. The predicted molar refractivity (Wildman–Crippen MR) is 75.8 cm³/mol. The van der Waals surface area contributed by atoms with Crippen LogP contribution < -0.4 is 5.43 Å². The molecule has 0 aliphatic rings. The highest BCUT2D eigenvalue weighted by Crippen LogP contribution is 2.13. The Morgan fingerprint density at radius 2 is 1.79 bits per heavy atom. The molecule has 0 bridgehead atoms. The highest BCUT2D eigenvalue weighted by atomic mass is 19.4. The molecule has 0 aromatic heterocycles. The van der Waals surface area contributed by atoms with E-state index in [0.717, 1.165) is 10.7 Å². The molecule has 0 saturated carbocycles. The van der Waals surface area contributed by atoms with Gasteiger partial charge in [-0.25, -0.2) is 15.1 Å². The molecular weight excluding hydrogens is 333 g/mol. The lowest BCUT2D eigenvalue weighted by molar-refractivity contribution is -0.201. The van der Waals surface area contributed by atoms with Gasteiger partial charge in [-0.3, -0.25) is 9.59 Å². The number of nitrogens with zero attached hydrogens (tertiary/aromatic N) is 1. The third-order valence-electron chi connectivity index (χ3n) is 2.30. The number of hydrazine groups is 1. The summed E-state index contributed by atoms with van der Waals surface area (Å²) in [4.78, 5) is 36.0. The Labute approximate surface area is 135 Å². The zero-order chi connectivity index (χ0) is 18.8. The van der Waals surface area contributed by atoms with E-state index in [0.29, 0.717) is 6.41 Å². The van der Waals surface area contributed by atoms with Crippen LogP contribution in [0.3, 0.4) is 0 Å². The summed E-state index contributed by atoms with van der Waals surface area (Å²) < 4.78 is 31.7. The molecule has 0 heterocycles. The van der Waals surface area contributed by atoms with Crippen LogP contribution in [0, 0.1) is 5.92 Å². The van der Waals surface area contributed by atoms with E-state index < -0.39 is 12.1 Å². The van der Waals surface area contributed by atoms with E-state index in [1.54, 1.807) is 13.8 Å². The molecular formula is C14H17F3N2O5. The number of hydroxylamine groups is 1. The van der Waals surface area contributed by atoms with Crippen LogP contribution in [0.25, 0.3) is 0 Å². The zero-order valence-electron chi connectivity index (χ0n) is 12.9. The maximum absolute atomic E-state index is 11.3. The number of rotatable bonds is 6.